The van der Waals surface area contributed by atoms with Crippen molar-refractivity contribution in [3.63, 3.8) is 0 Å². The predicted octanol–water partition coefficient (Wildman–Crippen LogP) is 3.82. The van der Waals surface area contributed by atoms with E-state index in [1.54, 1.807) is 0 Å². The monoisotopic (exact) mass is 556 g/mol. The molecule has 8 heteroatoms. The summed E-state index contributed by atoms with van der Waals surface area (Å²) in [6.07, 6.45) is 13.2. The van der Waals surface area contributed by atoms with E-state index in [0.717, 1.165) is 55.7 Å². The lowest BCUT2D eigenvalue weighted by Crippen LogP contribution is -2.42. The first-order valence-corrected chi connectivity index (χ1v) is 12.2. The van der Waals surface area contributed by atoms with Gasteiger partial charge in [-0.25, -0.2) is 9.98 Å². The highest BCUT2D eigenvalue weighted by Crippen LogP contribution is 2.29. The number of carbonyl (C=O) groups excluding carboxylic acids is 1. The Hall–Kier alpha value is -1.58. The van der Waals surface area contributed by atoms with Gasteiger partial charge in [-0.1, -0.05) is 44.6 Å². The summed E-state index contributed by atoms with van der Waals surface area (Å²) in [4.78, 5) is 23.3. The molecule has 4 N–H and O–H groups in total. The molecule has 1 aliphatic carbocycles. The summed E-state index contributed by atoms with van der Waals surface area (Å²) in [6, 6.07) is 4.03. The molecule has 2 heterocycles. The Bertz CT molecular complexity index is 722. The summed E-state index contributed by atoms with van der Waals surface area (Å²) in [6.45, 7) is 5.97. The zero-order valence-electron chi connectivity index (χ0n) is 19.5. The highest BCUT2D eigenvalue weighted by Gasteiger charge is 2.25. The van der Waals surface area contributed by atoms with E-state index < -0.39 is 0 Å². The highest BCUT2D eigenvalue weighted by atomic mass is 127. The summed E-state index contributed by atoms with van der Waals surface area (Å²) in [5.74, 6) is 2.42. The molecular weight excluding hydrogens is 515 g/mol. The Morgan fingerprint density at radius 2 is 2.03 bits per heavy atom. The summed E-state index contributed by atoms with van der Waals surface area (Å²) in [7, 11) is 0. The van der Waals surface area contributed by atoms with Crippen molar-refractivity contribution in [2.24, 2.45) is 22.6 Å². The van der Waals surface area contributed by atoms with E-state index in [1.165, 1.54) is 44.9 Å². The second kappa shape index (κ2) is 14.5. The van der Waals surface area contributed by atoms with Gasteiger partial charge in [-0.05, 0) is 38.2 Å². The number of anilines is 1. The third-order valence-electron chi connectivity index (χ3n) is 6.55. The Labute approximate surface area is 210 Å². The standard InChI is InChI=1S/C24H40N6O.HI/c1-2-26-24(28-14-6-5-11-19-9-3-4-10-19)29-17-20-12-7-15-27-23(20)30-16-8-13-21(18-30)22(25)31;/h7,12,15,19,21H,2-6,8-11,13-14,16-18H2,1H3,(H2,25,31)(H2,26,28,29);1H. The number of aliphatic imine (C=N–C) groups is 1. The van der Waals surface area contributed by atoms with Crippen molar-refractivity contribution >= 4 is 41.7 Å². The van der Waals surface area contributed by atoms with Crippen molar-refractivity contribution in [3.8, 4) is 0 Å². The molecule has 1 atom stereocenters. The molecular formula is C24H41IN6O. The minimum Gasteiger partial charge on any atom is -0.369 e. The molecule has 3 rings (SSSR count). The number of piperidine rings is 1. The largest absolute Gasteiger partial charge is 0.369 e. The topological polar surface area (TPSA) is 95.6 Å². The first-order chi connectivity index (χ1) is 15.2. The van der Waals surface area contributed by atoms with Crippen LogP contribution in [-0.2, 0) is 11.3 Å². The Kier molecular flexibility index (Phi) is 12.1. The van der Waals surface area contributed by atoms with Crippen LogP contribution in [0.5, 0.6) is 0 Å². The van der Waals surface area contributed by atoms with Crippen LogP contribution >= 0.6 is 24.0 Å². The van der Waals surface area contributed by atoms with Gasteiger partial charge in [0.2, 0.25) is 5.91 Å². The van der Waals surface area contributed by atoms with Crippen LogP contribution in [0.1, 0.15) is 70.3 Å². The lowest BCUT2D eigenvalue weighted by atomic mass is 9.97. The number of nitrogens with zero attached hydrogens (tertiary/aromatic N) is 3. The van der Waals surface area contributed by atoms with Crippen LogP contribution in [0.15, 0.2) is 23.3 Å². The fourth-order valence-corrected chi connectivity index (χ4v) is 4.81. The lowest BCUT2D eigenvalue weighted by Gasteiger charge is -2.33. The second-order valence-corrected chi connectivity index (χ2v) is 8.94. The van der Waals surface area contributed by atoms with Crippen LogP contribution in [0, 0.1) is 11.8 Å². The van der Waals surface area contributed by atoms with E-state index in [-0.39, 0.29) is 35.8 Å². The van der Waals surface area contributed by atoms with Crippen molar-refractivity contribution in [1.82, 2.24) is 15.6 Å². The van der Waals surface area contributed by atoms with Crippen molar-refractivity contribution in [2.45, 2.75) is 71.3 Å². The summed E-state index contributed by atoms with van der Waals surface area (Å²) in [5, 5.41) is 6.83. The number of carbonyl (C=O) groups is 1. The van der Waals surface area contributed by atoms with Gasteiger partial charge >= 0.3 is 0 Å². The average Bonchev–Trinajstić information content (AvgIpc) is 3.31. The molecule has 1 saturated heterocycles. The molecule has 2 fully saturated rings. The van der Waals surface area contributed by atoms with Crippen LogP contribution in [0.25, 0.3) is 0 Å². The SMILES string of the molecule is CCNC(=NCc1cccnc1N1CCCC(C(N)=O)C1)NCCCCC1CCCC1.I. The molecule has 0 aromatic carbocycles. The van der Waals surface area contributed by atoms with Crippen LogP contribution in [0.3, 0.4) is 0 Å². The van der Waals surface area contributed by atoms with Crippen molar-refractivity contribution < 1.29 is 4.79 Å². The number of amides is 1. The number of primary amides is 1. The van der Waals surface area contributed by atoms with E-state index in [9.17, 15) is 4.79 Å². The van der Waals surface area contributed by atoms with Gasteiger partial charge in [0.25, 0.3) is 0 Å². The van der Waals surface area contributed by atoms with E-state index >= 15 is 0 Å². The molecule has 0 spiro atoms. The fraction of sp³-hybridized carbons (Fsp3) is 0.708. The maximum Gasteiger partial charge on any atom is 0.222 e. The summed E-state index contributed by atoms with van der Waals surface area (Å²) < 4.78 is 0. The molecule has 180 valence electrons. The van der Waals surface area contributed by atoms with Crippen molar-refractivity contribution in [2.75, 3.05) is 31.1 Å². The third kappa shape index (κ3) is 8.41. The molecule has 1 saturated carbocycles. The summed E-state index contributed by atoms with van der Waals surface area (Å²) in [5.41, 5.74) is 6.63. The molecule has 1 aromatic rings. The Morgan fingerprint density at radius 1 is 1.22 bits per heavy atom. The molecule has 0 bridgehead atoms. The normalized spacial score (nSPS) is 19.5. The number of hydrogen-bond donors (Lipinski definition) is 3. The second-order valence-electron chi connectivity index (χ2n) is 8.94. The van der Waals surface area contributed by atoms with E-state index in [0.29, 0.717) is 13.1 Å². The van der Waals surface area contributed by atoms with Crippen LogP contribution < -0.4 is 21.3 Å². The first kappa shape index (κ1) is 26.7. The smallest absolute Gasteiger partial charge is 0.222 e. The molecule has 1 aliphatic heterocycles. The zero-order valence-corrected chi connectivity index (χ0v) is 21.9. The minimum atomic E-state index is -0.216. The number of unbranched alkanes of at least 4 members (excludes halogenated alkanes) is 1. The molecule has 32 heavy (non-hydrogen) atoms. The van der Waals surface area contributed by atoms with Gasteiger partial charge in [0.05, 0.1) is 12.5 Å². The Balaban J connectivity index is 0.00000363. The number of nitrogens with one attached hydrogen (secondary N) is 2. The zero-order chi connectivity index (χ0) is 21.9. The molecule has 2 aliphatic rings. The molecule has 1 unspecified atom stereocenters. The van der Waals surface area contributed by atoms with Crippen LogP contribution in [0.4, 0.5) is 5.82 Å². The van der Waals surface area contributed by atoms with E-state index in [4.69, 9.17) is 10.7 Å². The maximum atomic E-state index is 11.7. The van der Waals surface area contributed by atoms with Crippen LogP contribution in [0.2, 0.25) is 0 Å². The Morgan fingerprint density at radius 3 is 2.78 bits per heavy atom. The number of halogens is 1. The fourth-order valence-electron chi connectivity index (χ4n) is 4.81. The van der Waals surface area contributed by atoms with E-state index in [2.05, 4.69) is 33.5 Å². The lowest BCUT2D eigenvalue weighted by molar-refractivity contribution is -0.122. The number of aromatic nitrogens is 1. The number of pyridine rings is 1. The quantitative estimate of drug-likeness (QED) is 0.176. The number of guanidine groups is 1. The third-order valence-corrected chi connectivity index (χ3v) is 6.55. The van der Waals surface area contributed by atoms with Gasteiger partial charge < -0.3 is 21.3 Å². The predicted molar refractivity (Wildman–Crippen MR) is 142 cm³/mol. The molecule has 1 amide bonds. The van der Waals surface area contributed by atoms with Gasteiger partial charge in [0, 0.05) is 37.9 Å². The van der Waals surface area contributed by atoms with Gasteiger partial charge in [-0.3, -0.25) is 4.79 Å². The molecule has 7 nitrogen and oxygen atoms in total. The van der Waals surface area contributed by atoms with Gasteiger partial charge in [-0.2, -0.15) is 0 Å². The maximum absolute atomic E-state index is 11.7. The summed E-state index contributed by atoms with van der Waals surface area (Å²) >= 11 is 0. The van der Waals surface area contributed by atoms with Gasteiger partial charge in [-0.15, -0.1) is 24.0 Å². The number of nitrogens with two attached hydrogens (primary N) is 1. The minimum absolute atomic E-state index is 0. The van der Waals surface area contributed by atoms with E-state index in [1.807, 2.05) is 12.3 Å². The van der Waals surface area contributed by atoms with Gasteiger partial charge in [0.15, 0.2) is 5.96 Å². The van der Waals surface area contributed by atoms with Crippen molar-refractivity contribution in [3.05, 3.63) is 23.9 Å². The van der Waals surface area contributed by atoms with Crippen molar-refractivity contribution in [1.29, 1.82) is 0 Å². The molecule has 0 radical (unpaired) electrons. The number of rotatable bonds is 10. The van der Waals surface area contributed by atoms with Crippen LogP contribution in [-0.4, -0.2) is 43.0 Å². The first-order valence-electron chi connectivity index (χ1n) is 12.2. The average molecular weight is 557 g/mol. The highest BCUT2D eigenvalue weighted by molar-refractivity contribution is 14.0. The molecule has 1 aromatic heterocycles. The van der Waals surface area contributed by atoms with Gasteiger partial charge in [0.1, 0.15) is 5.82 Å². The number of hydrogen-bond acceptors (Lipinski definition) is 4.